The van der Waals surface area contributed by atoms with E-state index in [9.17, 15) is 19.2 Å². The number of carboxylic acid groups (broad SMARTS) is 1. The van der Waals surface area contributed by atoms with Crippen molar-refractivity contribution in [2.75, 3.05) is 6.61 Å². The molecule has 10 nitrogen and oxygen atoms in total. The Morgan fingerprint density at radius 1 is 0.893 bits per heavy atom. The van der Waals surface area contributed by atoms with Crippen molar-refractivity contribution >= 4 is 23.9 Å². The van der Waals surface area contributed by atoms with E-state index in [0.29, 0.717) is 12.8 Å². The molecule has 0 amide bonds. The highest BCUT2D eigenvalue weighted by molar-refractivity contribution is 5.90. The normalized spacial score (nSPS) is 16.2. The van der Waals surface area contributed by atoms with Crippen LogP contribution < -0.4 is 11.5 Å². The number of hydrogen-bond donors (Lipinski definition) is 3. The van der Waals surface area contributed by atoms with Crippen LogP contribution in [-0.2, 0) is 33.4 Å². The number of aliphatic carboxylic acids is 1. The predicted octanol–water partition coefficient (Wildman–Crippen LogP) is 0.554. The zero-order valence-electron chi connectivity index (χ0n) is 16.9. The van der Waals surface area contributed by atoms with Crippen LogP contribution in [0.15, 0.2) is 0 Å². The van der Waals surface area contributed by atoms with Crippen molar-refractivity contribution in [1.82, 2.24) is 0 Å². The van der Waals surface area contributed by atoms with Gasteiger partial charge in [0.2, 0.25) is 0 Å². The number of esters is 3. The topological polar surface area (TPSA) is 168 Å². The van der Waals surface area contributed by atoms with Gasteiger partial charge in [0.1, 0.15) is 18.5 Å². The SMILES string of the molecule is CC[C@H](C)[C@H](N)C(=O)OCCC(OC(=O)CC(=O)O)OC(=O)[C@@H](N)[C@@H](C)CC. The van der Waals surface area contributed by atoms with Gasteiger partial charge in [0, 0.05) is 0 Å². The van der Waals surface area contributed by atoms with E-state index in [-0.39, 0.29) is 24.9 Å². The summed E-state index contributed by atoms with van der Waals surface area (Å²) in [7, 11) is 0. The summed E-state index contributed by atoms with van der Waals surface area (Å²) in [5.74, 6) is -4.17. The Morgan fingerprint density at radius 3 is 1.86 bits per heavy atom. The van der Waals surface area contributed by atoms with E-state index in [1.807, 2.05) is 13.8 Å². The van der Waals surface area contributed by atoms with Gasteiger partial charge in [0.05, 0.1) is 13.0 Å². The fraction of sp³-hybridized carbons (Fsp3) is 0.778. The highest BCUT2D eigenvalue weighted by atomic mass is 16.7. The quantitative estimate of drug-likeness (QED) is 0.224. The zero-order chi connectivity index (χ0) is 21.9. The second kappa shape index (κ2) is 13.1. The second-order valence-electron chi connectivity index (χ2n) is 6.71. The number of carbonyl (C=O) groups is 4. The van der Waals surface area contributed by atoms with E-state index in [1.54, 1.807) is 13.8 Å². The largest absolute Gasteiger partial charge is 0.481 e. The lowest BCUT2D eigenvalue weighted by molar-refractivity contribution is -0.192. The first-order valence-electron chi connectivity index (χ1n) is 9.32. The molecule has 0 radical (unpaired) electrons. The molecule has 0 aromatic rings. The molecule has 0 rings (SSSR count). The highest BCUT2D eigenvalue weighted by Gasteiger charge is 2.28. The molecule has 5 N–H and O–H groups in total. The molecule has 0 saturated carbocycles. The lowest BCUT2D eigenvalue weighted by Gasteiger charge is -2.23. The third-order valence-electron chi connectivity index (χ3n) is 4.46. The van der Waals surface area contributed by atoms with E-state index in [1.165, 1.54) is 0 Å². The highest BCUT2D eigenvalue weighted by Crippen LogP contribution is 2.12. The molecule has 0 bridgehead atoms. The predicted molar refractivity (Wildman–Crippen MR) is 98.7 cm³/mol. The first kappa shape index (κ1) is 25.8. The molecule has 0 heterocycles. The first-order valence-corrected chi connectivity index (χ1v) is 9.32. The Bertz CT molecular complexity index is 540. The van der Waals surface area contributed by atoms with Gasteiger partial charge >= 0.3 is 23.9 Å². The number of hydrogen-bond acceptors (Lipinski definition) is 9. The van der Waals surface area contributed by atoms with Crippen molar-refractivity contribution in [3.05, 3.63) is 0 Å². The van der Waals surface area contributed by atoms with Crippen molar-refractivity contribution in [2.24, 2.45) is 23.3 Å². The van der Waals surface area contributed by atoms with Crippen LogP contribution in [0, 0.1) is 11.8 Å². The molecule has 10 heteroatoms. The fourth-order valence-corrected chi connectivity index (χ4v) is 1.99. The maximum Gasteiger partial charge on any atom is 0.326 e. The van der Waals surface area contributed by atoms with E-state index in [0.717, 1.165) is 0 Å². The van der Waals surface area contributed by atoms with Gasteiger partial charge in [-0.1, -0.05) is 40.5 Å². The lowest BCUT2D eigenvalue weighted by atomic mass is 10.0. The fourth-order valence-electron chi connectivity index (χ4n) is 1.99. The first-order chi connectivity index (χ1) is 13.0. The number of carbonyl (C=O) groups excluding carboxylic acids is 3. The standard InChI is InChI=1S/C18H32N2O8/c1-5-10(3)15(19)17(24)26-8-7-14(27-13(23)9-12(21)22)28-18(25)16(20)11(4)6-2/h10-11,14-16H,5-9,19-20H2,1-4H3,(H,21,22)/t10-,11-,14?,15-,16-/m0/s1. The minimum absolute atomic E-state index is 0.0805. The molecular weight excluding hydrogens is 372 g/mol. The van der Waals surface area contributed by atoms with Crippen LogP contribution in [0.4, 0.5) is 0 Å². The minimum Gasteiger partial charge on any atom is -0.481 e. The summed E-state index contributed by atoms with van der Waals surface area (Å²) in [6, 6.07) is -1.74. The van der Waals surface area contributed by atoms with Crippen molar-refractivity contribution in [1.29, 1.82) is 0 Å². The van der Waals surface area contributed by atoms with Crippen LogP contribution >= 0.6 is 0 Å². The summed E-state index contributed by atoms with van der Waals surface area (Å²) in [4.78, 5) is 46.2. The summed E-state index contributed by atoms with van der Waals surface area (Å²) in [5, 5.41) is 8.65. The molecular formula is C18H32N2O8. The molecule has 0 aliphatic carbocycles. The molecule has 0 aromatic carbocycles. The molecule has 5 atom stereocenters. The third-order valence-corrected chi connectivity index (χ3v) is 4.46. The van der Waals surface area contributed by atoms with Crippen LogP contribution in [0.25, 0.3) is 0 Å². The Labute approximate surface area is 164 Å². The third kappa shape index (κ3) is 9.65. The molecule has 1 unspecified atom stereocenters. The maximum absolute atomic E-state index is 12.1. The van der Waals surface area contributed by atoms with Crippen LogP contribution in [0.5, 0.6) is 0 Å². The molecule has 0 aliphatic rings. The van der Waals surface area contributed by atoms with E-state index in [4.69, 9.17) is 30.8 Å². The summed E-state index contributed by atoms with van der Waals surface area (Å²) in [6.45, 7) is 7.06. The minimum atomic E-state index is -1.43. The van der Waals surface area contributed by atoms with Gasteiger partial charge in [-0.3, -0.25) is 19.2 Å². The average molecular weight is 404 g/mol. The summed E-state index contributed by atoms with van der Waals surface area (Å²) >= 11 is 0. The molecule has 162 valence electrons. The average Bonchev–Trinajstić information content (AvgIpc) is 2.64. The molecule has 28 heavy (non-hydrogen) atoms. The Balaban J connectivity index is 4.85. The number of nitrogens with two attached hydrogens (primary N) is 2. The summed E-state index contributed by atoms with van der Waals surface area (Å²) in [5.41, 5.74) is 11.6. The van der Waals surface area contributed by atoms with Gasteiger partial charge < -0.3 is 30.8 Å². The van der Waals surface area contributed by atoms with Crippen molar-refractivity contribution < 1.29 is 38.5 Å². The van der Waals surface area contributed by atoms with E-state index >= 15 is 0 Å². The zero-order valence-corrected chi connectivity index (χ0v) is 16.9. The number of carboxylic acids is 1. The van der Waals surface area contributed by atoms with Crippen LogP contribution in [0.1, 0.15) is 53.4 Å². The molecule has 0 spiro atoms. The van der Waals surface area contributed by atoms with Crippen molar-refractivity contribution in [3.63, 3.8) is 0 Å². The van der Waals surface area contributed by atoms with Crippen LogP contribution in [0.3, 0.4) is 0 Å². The van der Waals surface area contributed by atoms with Gasteiger partial charge in [-0.2, -0.15) is 0 Å². The van der Waals surface area contributed by atoms with Crippen LogP contribution in [0.2, 0.25) is 0 Å². The number of ether oxygens (including phenoxy) is 3. The maximum atomic E-state index is 12.1. The molecule has 0 fully saturated rings. The summed E-state index contributed by atoms with van der Waals surface area (Å²) < 4.78 is 15.0. The molecule has 0 saturated heterocycles. The van der Waals surface area contributed by atoms with Gasteiger partial charge in [-0.05, 0) is 11.8 Å². The van der Waals surface area contributed by atoms with Gasteiger partial charge in [-0.15, -0.1) is 0 Å². The van der Waals surface area contributed by atoms with Gasteiger partial charge in [-0.25, -0.2) is 0 Å². The van der Waals surface area contributed by atoms with Crippen molar-refractivity contribution in [3.8, 4) is 0 Å². The lowest BCUT2D eigenvalue weighted by Crippen LogP contribution is -2.41. The van der Waals surface area contributed by atoms with Crippen molar-refractivity contribution in [2.45, 2.75) is 71.8 Å². The van der Waals surface area contributed by atoms with E-state index in [2.05, 4.69) is 0 Å². The Morgan fingerprint density at radius 2 is 1.39 bits per heavy atom. The molecule has 0 aliphatic heterocycles. The number of rotatable bonds is 13. The van der Waals surface area contributed by atoms with Crippen LogP contribution in [-0.4, -0.2) is 54.0 Å². The van der Waals surface area contributed by atoms with E-state index < -0.39 is 48.7 Å². The Hall–Kier alpha value is -2.20. The van der Waals surface area contributed by atoms with Gasteiger partial charge in [0.15, 0.2) is 0 Å². The monoisotopic (exact) mass is 404 g/mol. The summed E-state index contributed by atoms with van der Waals surface area (Å²) in [6.07, 6.45) is -1.18. The smallest absolute Gasteiger partial charge is 0.326 e. The molecule has 0 aromatic heterocycles. The van der Waals surface area contributed by atoms with Gasteiger partial charge in [0.25, 0.3) is 6.29 Å². The Kier molecular flexibility index (Phi) is 12.0. The second-order valence-corrected chi connectivity index (χ2v) is 6.71.